The lowest BCUT2D eigenvalue weighted by Gasteiger charge is -2.05. The third-order valence-electron chi connectivity index (χ3n) is 2.36. The summed E-state index contributed by atoms with van der Waals surface area (Å²) in [6.07, 6.45) is 0. The molecule has 0 spiro atoms. The minimum absolute atomic E-state index is 0.126. The van der Waals surface area contributed by atoms with Gasteiger partial charge in [0.25, 0.3) is 0 Å². The molecule has 0 bridgehead atoms. The van der Waals surface area contributed by atoms with Crippen LogP contribution in [-0.2, 0) is 0 Å². The molecule has 0 aliphatic rings. The number of rotatable bonds is 2. The molecule has 0 aliphatic carbocycles. The molecule has 2 nitrogen and oxygen atoms in total. The second-order valence-electron chi connectivity index (χ2n) is 3.47. The zero-order valence-corrected chi connectivity index (χ0v) is 8.57. The average Bonchev–Trinajstić information content (AvgIpc) is 2.30. The fourth-order valence-electron chi connectivity index (χ4n) is 1.53. The highest BCUT2D eigenvalue weighted by Gasteiger charge is 2.06. The first kappa shape index (κ1) is 10.4. The fraction of sp³-hybridized carbons (Fsp3) is 0. The quantitative estimate of drug-likeness (QED) is 0.586. The summed E-state index contributed by atoms with van der Waals surface area (Å²) in [5, 5.41) is 7.22. The Hall–Kier alpha value is -2.16. The Bertz CT molecular complexity index is 521. The van der Waals surface area contributed by atoms with E-state index in [1.165, 1.54) is 6.07 Å². The molecule has 2 rings (SSSR count). The third kappa shape index (κ3) is 1.93. The van der Waals surface area contributed by atoms with E-state index < -0.39 is 0 Å². The summed E-state index contributed by atoms with van der Waals surface area (Å²) >= 11 is 0. The van der Waals surface area contributed by atoms with Crippen molar-refractivity contribution in [1.82, 2.24) is 0 Å². The summed E-state index contributed by atoms with van der Waals surface area (Å²) in [5.41, 5.74) is 7.02. The van der Waals surface area contributed by atoms with Crippen LogP contribution in [0.15, 0.2) is 48.5 Å². The summed E-state index contributed by atoms with van der Waals surface area (Å²) in [7, 11) is 0. The van der Waals surface area contributed by atoms with Crippen molar-refractivity contribution in [3.8, 4) is 11.1 Å². The van der Waals surface area contributed by atoms with E-state index >= 15 is 0 Å². The van der Waals surface area contributed by atoms with Gasteiger partial charge < -0.3 is 5.73 Å². The van der Waals surface area contributed by atoms with Gasteiger partial charge in [0.15, 0.2) is 0 Å². The molecule has 0 saturated carbocycles. The summed E-state index contributed by atoms with van der Waals surface area (Å²) in [5.74, 6) is -0.489. The summed E-state index contributed by atoms with van der Waals surface area (Å²) in [6.45, 7) is 0. The maximum absolute atomic E-state index is 13.7. The Kier molecular flexibility index (Phi) is 2.68. The van der Waals surface area contributed by atoms with Crippen molar-refractivity contribution >= 4 is 5.84 Å². The monoisotopic (exact) mass is 214 g/mol. The standard InChI is InChI=1S/C13H11FN2/c14-12-8-10(13(15)16)6-7-11(12)9-4-2-1-3-5-9/h1-8H,(H3,15,16). The van der Waals surface area contributed by atoms with Gasteiger partial charge in [-0.2, -0.15) is 0 Å². The van der Waals surface area contributed by atoms with Crippen LogP contribution in [0.25, 0.3) is 11.1 Å². The Morgan fingerprint density at radius 3 is 2.31 bits per heavy atom. The maximum atomic E-state index is 13.7. The van der Waals surface area contributed by atoms with Crippen LogP contribution in [0, 0.1) is 11.2 Å². The first-order valence-electron chi connectivity index (χ1n) is 4.88. The molecule has 0 heterocycles. The lowest BCUT2D eigenvalue weighted by Crippen LogP contribution is -2.11. The van der Waals surface area contributed by atoms with Gasteiger partial charge in [-0.3, -0.25) is 5.41 Å². The van der Waals surface area contributed by atoms with Gasteiger partial charge in [0.05, 0.1) is 0 Å². The Morgan fingerprint density at radius 1 is 1.06 bits per heavy atom. The van der Waals surface area contributed by atoms with Crippen LogP contribution in [-0.4, -0.2) is 5.84 Å². The van der Waals surface area contributed by atoms with E-state index in [-0.39, 0.29) is 11.7 Å². The van der Waals surface area contributed by atoms with Crippen molar-refractivity contribution < 1.29 is 4.39 Å². The molecule has 3 N–H and O–H groups in total. The highest BCUT2D eigenvalue weighted by Crippen LogP contribution is 2.23. The van der Waals surface area contributed by atoms with Crippen LogP contribution < -0.4 is 5.73 Å². The Balaban J connectivity index is 2.48. The molecule has 0 radical (unpaired) electrons. The molecule has 0 unspecified atom stereocenters. The lowest BCUT2D eigenvalue weighted by atomic mass is 10.0. The second-order valence-corrected chi connectivity index (χ2v) is 3.47. The molecule has 2 aromatic carbocycles. The van der Waals surface area contributed by atoms with Crippen LogP contribution in [0.4, 0.5) is 4.39 Å². The number of benzene rings is 2. The van der Waals surface area contributed by atoms with E-state index in [1.807, 2.05) is 30.3 Å². The molecule has 0 aliphatic heterocycles. The van der Waals surface area contributed by atoms with Crippen molar-refractivity contribution in [3.05, 3.63) is 59.9 Å². The van der Waals surface area contributed by atoms with Crippen molar-refractivity contribution in [2.24, 2.45) is 5.73 Å². The summed E-state index contributed by atoms with van der Waals surface area (Å²) < 4.78 is 13.7. The van der Waals surface area contributed by atoms with Gasteiger partial charge in [0.2, 0.25) is 0 Å². The Morgan fingerprint density at radius 2 is 1.75 bits per heavy atom. The lowest BCUT2D eigenvalue weighted by molar-refractivity contribution is 0.631. The van der Waals surface area contributed by atoms with Crippen molar-refractivity contribution in [1.29, 1.82) is 5.41 Å². The van der Waals surface area contributed by atoms with Crippen LogP contribution in [0.2, 0.25) is 0 Å². The molecule has 0 saturated heterocycles. The summed E-state index contributed by atoms with van der Waals surface area (Å²) in [4.78, 5) is 0. The topological polar surface area (TPSA) is 49.9 Å². The van der Waals surface area contributed by atoms with Crippen LogP contribution in [0.1, 0.15) is 5.56 Å². The zero-order chi connectivity index (χ0) is 11.5. The van der Waals surface area contributed by atoms with Crippen molar-refractivity contribution in [3.63, 3.8) is 0 Å². The van der Waals surface area contributed by atoms with Gasteiger partial charge in [0.1, 0.15) is 11.7 Å². The number of nitrogens with two attached hydrogens (primary N) is 1. The normalized spacial score (nSPS) is 10.1. The number of nitrogen functional groups attached to an aromatic ring is 1. The molecule has 0 fully saturated rings. The summed E-state index contributed by atoms with van der Waals surface area (Å²) in [6, 6.07) is 13.8. The first-order valence-corrected chi connectivity index (χ1v) is 4.88. The highest BCUT2D eigenvalue weighted by atomic mass is 19.1. The third-order valence-corrected chi connectivity index (χ3v) is 2.36. The van der Waals surface area contributed by atoms with Crippen molar-refractivity contribution in [2.75, 3.05) is 0 Å². The largest absolute Gasteiger partial charge is 0.384 e. The van der Waals surface area contributed by atoms with Gasteiger partial charge in [0, 0.05) is 11.1 Å². The van der Waals surface area contributed by atoms with Gasteiger partial charge in [-0.25, -0.2) is 4.39 Å². The molecule has 80 valence electrons. The molecular weight excluding hydrogens is 203 g/mol. The highest BCUT2D eigenvalue weighted by molar-refractivity contribution is 5.95. The molecule has 3 heteroatoms. The molecule has 16 heavy (non-hydrogen) atoms. The predicted octanol–water partition coefficient (Wildman–Crippen LogP) is 2.78. The molecule has 2 aromatic rings. The number of halogens is 1. The smallest absolute Gasteiger partial charge is 0.131 e. The van der Waals surface area contributed by atoms with Gasteiger partial charge in [-0.05, 0) is 11.6 Å². The molecule has 0 aromatic heterocycles. The molecule has 0 amide bonds. The maximum Gasteiger partial charge on any atom is 0.131 e. The van der Waals surface area contributed by atoms with Gasteiger partial charge in [-0.1, -0.05) is 42.5 Å². The van der Waals surface area contributed by atoms with E-state index in [0.29, 0.717) is 11.1 Å². The van der Waals surface area contributed by atoms with Gasteiger partial charge in [-0.15, -0.1) is 0 Å². The minimum atomic E-state index is -0.362. The van der Waals surface area contributed by atoms with E-state index in [9.17, 15) is 4.39 Å². The van der Waals surface area contributed by atoms with Crippen LogP contribution in [0.5, 0.6) is 0 Å². The van der Waals surface area contributed by atoms with E-state index in [1.54, 1.807) is 12.1 Å². The van der Waals surface area contributed by atoms with Crippen LogP contribution >= 0.6 is 0 Å². The van der Waals surface area contributed by atoms with Gasteiger partial charge >= 0.3 is 0 Å². The predicted molar refractivity (Wildman–Crippen MR) is 62.9 cm³/mol. The Labute approximate surface area is 93.0 Å². The van der Waals surface area contributed by atoms with Crippen LogP contribution in [0.3, 0.4) is 0 Å². The second kappa shape index (κ2) is 4.14. The fourth-order valence-corrected chi connectivity index (χ4v) is 1.53. The minimum Gasteiger partial charge on any atom is -0.384 e. The van der Waals surface area contributed by atoms with E-state index in [4.69, 9.17) is 11.1 Å². The number of amidine groups is 1. The van der Waals surface area contributed by atoms with E-state index in [2.05, 4.69) is 0 Å². The number of hydrogen-bond donors (Lipinski definition) is 2. The average molecular weight is 214 g/mol. The van der Waals surface area contributed by atoms with Crippen molar-refractivity contribution in [2.45, 2.75) is 0 Å². The number of hydrogen-bond acceptors (Lipinski definition) is 1. The zero-order valence-electron chi connectivity index (χ0n) is 8.57. The van der Waals surface area contributed by atoms with E-state index in [0.717, 1.165) is 5.56 Å². The number of nitrogens with one attached hydrogen (secondary N) is 1. The molecular formula is C13H11FN2. The first-order chi connectivity index (χ1) is 7.68. The molecule has 0 atom stereocenters. The SMILES string of the molecule is N=C(N)c1ccc(-c2ccccc2)c(F)c1.